The van der Waals surface area contributed by atoms with Gasteiger partial charge in [-0.3, -0.25) is 0 Å². The molecule has 0 amide bonds. The van der Waals surface area contributed by atoms with Gasteiger partial charge in [0.05, 0.1) is 0 Å². The summed E-state index contributed by atoms with van der Waals surface area (Å²) in [5.41, 5.74) is 0. The monoisotopic (exact) mass is 237 g/mol. The van der Waals surface area contributed by atoms with Crippen molar-refractivity contribution in [2.45, 2.75) is 77.6 Å². The van der Waals surface area contributed by atoms with Crippen LogP contribution in [0.3, 0.4) is 0 Å². The van der Waals surface area contributed by atoms with E-state index in [2.05, 4.69) is 22.1 Å². The van der Waals surface area contributed by atoms with Crippen molar-refractivity contribution < 1.29 is 0 Å². The molecule has 0 saturated heterocycles. The normalized spacial score (nSPS) is 14.3. The molecule has 98 valence electrons. The third-order valence-corrected chi connectivity index (χ3v) is 3.26. The Balaban J connectivity index is 1.74. The second kappa shape index (κ2) is 10.4. The van der Waals surface area contributed by atoms with E-state index in [1.54, 1.807) is 0 Å². The van der Waals surface area contributed by atoms with Gasteiger partial charge in [-0.15, -0.1) is 5.11 Å². The molecular weight excluding hydrogens is 210 g/mol. The number of rotatable bonds is 11. The fraction of sp³-hybridized carbons (Fsp3) is 0.929. The number of hydrogen-bond acceptors (Lipinski definition) is 3. The van der Waals surface area contributed by atoms with Crippen molar-refractivity contribution in [3.63, 3.8) is 0 Å². The highest BCUT2D eigenvalue weighted by Crippen LogP contribution is 2.12. The first kappa shape index (κ1) is 14.3. The standard InChI is InChI=1S/C14H27N3/c1-2-3-4-5-6-7-8-9-10-11-12-14-15-13-16-17-14/h2-13H2,1H3. The van der Waals surface area contributed by atoms with Crippen LogP contribution in [-0.4, -0.2) is 12.5 Å². The third-order valence-electron chi connectivity index (χ3n) is 3.26. The Hall–Kier alpha value is -0.730. The highest BCUT2D eigenvalue weighted by Gasteiger charge is 2.01. The van der Waals surface area contributed by atoms with E-state index in [9.17, 15) is 0 Å². The zero-order valence-electron chi connectivity index (χ0n) is 11.3. The van der Waals surface area contributed by atoms with Crippen LogP contribution in [0.4, 0.5) is 0 Å². The molecule has 3 heteroatoms. The van der Waals surface area contributed by atoms with Crippen molar-refractivity contribution in [1.82, 2.24) is 0 Å². The van der Waals surface area contributed by atoms with E-state index in [0.29, 0.717) is 6.67 Å². The fourth-order valence-corrected chi connectivity index (χ4v) is 2.16. The van der Waals surface area contributed by atoms with Gasteiger partial charge in [-0.05, 0) is 6.42 Å². The second-order valence-electron chi connectivity index (χ2n) is 4.89. The predicted octanol–water partition coefficient (Wildman–Crippen LogP) is 5.12. The molecule has 3 nitrogen and oxygen atoms in total. The summed E-state index contributed by atoms with van der Waals surface area (Å²) in [5.74, 6) is 0.963. The van der Waals surface area contributed by atoms with Crippen LogP contribution in [0.15, 0.2) is 15.2 Å². The van der Waals surface area contributed by atoms with Crippen LogP contribution in [0.5, 0.6) is 0 Å². The largest absolute Gasteiger partial charge is 0.243 e. The topological polar surface area (TPSA) is 37.1 Å². The van der Waals surface area contributed by atoms with Gasteiger partial charge < -0.3 is 0 Å². The van der Waals surface area contributed by atoms with Crippen molar-refractivity contribution in [2.24, 2.45) is 15.2 Å². The first-order valence-electron chi connectivity index (χ1n) is 7.34. The Morgan fingerprint density at radius 3 is 1.94 bits per heavy atom. The SMILES string of the molecule is CCCCCCCCCCCCC1=NCN=N1. The molecular formula is C14H27N3. The van der Waals surface area contributed by atoms with Crippen molar-refractivity contribution in [1.29, 1.82) is 0 Å². The summed E-state index contributed by atoms with van der Waals surface area (Å²) >= 11 is 0. The van der Waals surface area contributed by atoms with E-state index >= 15 is 0 Å². The maximum Gasteiger partial charge on any atom is 0.152 e. The summed E-state index contributed by atoms with van der Waals surface area (Å²) in [4.78, 5) is 4.19. The average Bonchev–Trinajstić information content (AvgIpc) is 2.85. The molecule has 0 unspecified atom stereocenters. The van der Waals surface area contributed by atoms with Gasteiger partial charge in [0.1, 0.15) is 5.84 Å². The van der Waals surface area contributed by atoms with E-state index in [-0.39, 0.29) is 0 Å². The van der Waals surface area contributed by atoms with Gasteiger partial charge in [-0.2, -0.15) is 5.11 Å². The molecule has 0 bridgehead atoms. The molecule has 1 heterocycles. The quantitative estimate of drug-likeness (QED) is 0.447. The number of nitrogens with zero attached hydrogens (tertiary/aromatic N) is 3. The lowest BCUT2D eigenvalue weighted by molar-refractivity contribution is 0.559. The van der Waals surface area contributed by atoms with Gasteiger partial charge in [0, 0.05) is 6.42 Å². The zero-order chi connectivity index (χ0) is 12.2. The van der Waals surface area contributed by atoms with Gasteiger partial charge in [0.2, 0.25) is 0 Å². The lowest BCUT2D eigenvalue weighted by Crippen LogP contribution is -1.90. The molecule has 0 N–H and O–H groups in total. The van der Waals surface area contributed by atoms with Gasteiger partial charge in [0.15, 0.2) is 6.67 Å². The Labute approximate surface area is 106 Å². The third kappa shape index (κ3) is 8.06. The Morgan fingerprint density at radius 2 is 1.41 bits per heavy atom. The van der Waals surface area contributed by atoms with Crippen LogP contribution in [0.1, 0.15) is 77.6 Å². The van der Waals surface area contributed by atoms with Crippen molar-refractivity contribution in [3.8, 4) is 0 Å². The first-order chi connectivity index (χ1) is 8.43. The minimum Gasteiger partial charge on any atom is -0.243 e. The van der Waals surface area contributed by atoms with Gasteiger partial charge >= 0.3 is 0 Å². The van der Waals surface area contributed by atoms with Crippen LogP contribution in [-0.2, 0) is 0 Å². The molecule has 1 aliphatic rings. The van der Waals surface area contributed by atoms with Gasteiger partial charge in [-0.25, -0.2) is 4.99 Å². The second-order valence-corrected chi connectivity index (χ2v) is 4.89. The molecule has 1 rings (SSSR count). The van der Waals surface area contributed by atoms with Gasteiger partial charge in [-0.1, -0.05) is 64.7 Å². The summed E-state index contributed by atoms with van der Waals surface area (Å²) in [5, 5.41) is 7.84. The van der Waals surface area contributed by atoms with Crippen molar-refractivity contribution in [2.75, 3.05) is 6.67 Å². The van der Waals surface area contributed by atoms with Crippen LogP contribution >= 0.6 is 0 Å². The van der Waals surface area contributed by atoms with Crippen molar-refractivity contribution >= 4 is 5.84 Å². The van der Waals surface area contributed by atoms with E-state index in [1.807, 2.05) is 0 Å². The molecule has 17 heavy (non-hydrogen) atoms. The molecule has 1 aliphatic heterocycles. The van der Waals surface area contributed by atoms with Crippen LogP contribution in [0, 0.1) is 0 Å². The lowest BCUT2D eigenvalue weighted by atomic mass is 10.1. The highest BCUT2D eigenvalue weighted by atomic mass is 15.2. The molecule has 0 fully saturated rings. The number of hydrogen-bond donors (Lipinski definition) is 0. The molecule has 0 spiro atoms. The van der Waals surface area contributed by atoms with E-state index in [4.69, 9.17) is 0 Å². The van der Waals surface area contributed by atoms with Crippen molar-refractivity contribution in [3.05, 3.63) is 0 Å². The molecule has 0 aromatic heterocycles. The molecule has 0 saturated carbocycles. The van der Waals surface area contributed by atoms with E-state index in [1.165, 1.54) is 64.2 Å². The summed E-state index contributed by atoms with van der Waals surface area (Å²) in [7, 11) is 0. The molecule has 0 atom stereocenters. The summed E-state index contributed by atoms with van der Waals surface area (Å²) < 4.78 is 0. The van der Waals surface area contributed by atoms with E-state index < -0.39 is 0 Å². The predicted molar refractivity (Wildman–Crippen MR) is 73.6 cm³/mol. The lowest BCUT2D eigenvalue weighted by Gasteiger charge is -2.01. The van der Waals surface area contributed by atoms with E-state index in [0.717, 1.165) is 12.3 Å². The average molecular weight is 237 g/mol. The smallest absolute Gasteiger partial charge is 0.152 e. The minimum atomic E-state index is 0.563. The maximum absolute atomic E-state index is 4.19. The summed E-state index contributed by atoms with van der Waals surface area (Å²) in [6, 6.07) is 0. The number of unbranched alkanes of at least 4 members (excludes halogenated alkanes) is 9. The minimum absolute atomic E-state index is 0.563. The summed E-state index contributed by atoms with van der Waals surface area (Å²) in [6.45, 7) is 2.83. The first-order valence-corrected chi connectivity index (χ1v) is 7.34. The zero-order valence-corrected chi connectivity index (χ0v) is 11.3. The Kier molecular flexibility index (Phi) is 8.79. The fourth-order valence-electron chi connectivity index (χ4n) is 2.16. The number of aliphatic imine (C=N–C) groups is 1. The van der Waals surface area contributed by atoms with Gasteiger partial charge in [0.25, 0.3) is 0 Å². The Bertz CT molecular complexity index is 234. The Morgan fingerprint density at radius 1 is 0.824 bits per heavy atom. The highest BCUT2D eigenvalue weighted by molar-refractivity contribution is 5.83. The summed E-state index contributed by atoms with van der Waals surface area (Å²) in [6.07, 6.45) is 14.8. The van der Waals surface area contributed by atoms with Crippen LogP contribution in [0.2, 0.25) is 0 Å². The number of azo groups is 1. The number of amidine groups is 1. The van der Waals surface area contributed by atoms with Crippen LogP contribution < -0.4 is 0 Å². The molecule has 0 aromatic carbocycles. The van der Waals surface area contributed by atoms with Crippen LogP contribution in [0.25, 0.3) is 0 Å². The molecule has 0 aromatic rings. The maximum atomic E-state index is 4.19. The molecule has 0 aliphatic carbocycles. The molecule has 0 radical (unpaired) electrons.